The Bertz CT molecular complexity index is 2230. The van der Waals surface area contributed by atoms with Crippen molar-refractivity contribution in [3.8, 4) is 34.1 Å². The predicted octanol–water partition coefficient (Wildman–Crippen LogP) is 8.35. The quantitative estimate of drug-likeness (QED) is 0.149. The Morgan fingerprint density at radius 3 is 1.74 bits per heavy atom. The molecular formula is C30H18F13N7O3. The summed E-state index contributed by atoms with van der Waals surface area (Å²) in [6.45, 7) is -1.83. The zero-order valence-electron chi connectivity index (χ0n) is 26.0. The molecule has 0 saturated carbocycles. The molecule has 0 amide bonds. The van der Waals surface area contributed by atoms with Crippen LogP contribution in [0.4, 0.5) is 57.1 Å². The number of pyridine rings is 1. The minimum Gasteiger partial charge on any atom is -0.466 e. The molecule has 10 nitrogen and oxygen atoms in total. The van der Waals surface area contributed by atoms with Gasteiger partial charge in [-0.15, -0.1) is 13.2 Å². The highest BCUT2D eigenvalue weighted by Gasteiger charge is 2.36. The average molecular weight is 771 g/mol. The highest BCUT2D eigenvalue weighted by atomic mass is 19.4. The van der Waals surface area contributed by atoms with Gasteiger partial charge in [0, 0.05) is 36.8 Å². The molecule has 23 heteroatoms. The number of ether oxygens (including phenoxy) is 3. The number of aromatic nitrogens is 7. The summed E-state index contributed by atoms with van der Waals surface area (Å²) in [4.78, 5) is 18.5. The number of methoxy groups -OCH3 is 1. The molecule has 0 fully saturated rings. The molecule has 53 heavy (non-hydrogen) atoms. The molecule has 0 unspecified atom stereocenters. The lowest BCUT2D eigenvalue weighted by molar-refractivity contribution is -0.274. The molecule has 0 spiro atoms. The Kier molecular flexibility index (Phi) is 10.4. The maximum absolute atomic E-state index is 13.9. The Labute approximate surface area is 286 Å². The van der Waals surface area contributed by atoms with Crippen molar-refractivity contribution in [2.24, 2.45) is 0 Å². The molecule has 0 aliphatic rings. The summed E-state index contributed by atoms with van der Waals surface area (Å²) in [5, 5.41) is 0. The fourth-order valence-corrected chi connectivity index (χ4v) is 4.60. The summed E-state index contributed by atoms with van der Waals surface area (Å²) in [7, 11) is 1.33. The molecule has 0 N–H and O–H groups in total. The lowest BCUT2D eigenvalue weighted by Gasteiger charge is -2.14. The molecular weight excluding hydrogens is 753 g/mol. The first-order valence-corrected chi connectivity index (χ1v) is 14.2. The molecule has 0 atom stereocenters. The number of rotatable bonds is 7. The zero-order chi connectivity index (χ0) is 38.9. The number of hydrogen-bond donors (Lipinski definition) is 0. The van der Waals surface area contributed by atoms with Crippen LogP contribution in [0.1, 0.15) is 17.0 Å². The van der Waals surface area contributed by atoms with Gasteiger partial charge in [-0.25, -0.2) is 19.3 Å². The van der Waals surface area contributed by atoms with Crippen LogP contribution in [0.15, 0.2) is 67.6 Å². The largest absolute Gasteiger partial charge is 0.573 e. The van der Waals surface area contributed by atoms with Crippen LogP contribution in [0.5, 0.6) is 11.6 Å². The third kappa shape index (κ3) is 9.39. The number of imidazole rings is 2. The SMILES string of the molecule is COCc1cc(OC(F)(F)F)ccc1-c1cn2c(C(F)(F)F)cnc2cn1.Fc1cc(-c2cn3c(C(F)(F)F)cnc3cn2)cnc1OCC(F)(F)F. The van der Waals surface area contributed by atoms with E-state index in [2.05, 4.69) is 34.4 Å². The number of nitrogens with zero attached hydrogens (tertiary/aromatic N) is 7. The van der Waals surface area contributed by atoms with E-state index in [0.29, 0.717) is 22.4 Å². The number of fused-ring (bicyclic) bond motifs is 2. The Balaban J connectivity index is 0.000000204. The van der Waals surface area contributed by atoms with Gasteiger partial charge < -0.3 is 14.2 Å². The van der Waals surface area contributed by atoms with Gasteiger partial charge in [0.2, 0.25) is 0 Å². The summed E-state index contributed by atoms with van der Waals surface area (Å²) in [6, 6.07) is 4.17. The van der Waals surface area contributed by atoms with Crippen LogP contribution in [0.25, 0.3) is 33.8 Å². The van der Waals surface area contributed by atoms with Crippen molar-refractivity contribution in [3.63, 3.8) is 0 Å². The van der Waals surface area contributed by atoms with E-state index in [0.717, 1.165) is 53.6 Å². The minimum atomic E-state index is -4.87. The molecule has 0 saturated heterocycles. The van der Waals surface area contributed by atoms with Crippen molar-refractivity contribution < 1.29 is 71.3 Å². The first kappa shape index (κ1) is 38.5. The topological polar surface area (TPSA) is 101 Å². The van der Waals surface area contributed by atoms with E-state index >= 15 is 0 Å². The second-order valence-electron chi connectivity index (χ2n) is 10.5. The van der Waals surface area contributed by atoms with E-state index in [4.69, 9.17) is 4.74 Å². The average Bonchev–Trinajstić information content (AvgIpc) is 3.68. The van der Waals surface area contributed by atoms with E-state index in [9.17, 15) is 57.1 Å². The van der Waals surface area contributed by atoms with Gasteiger partial charge in [-0.3, -0.25) is 18.8 Å². The minimum absolute atomic E-state index is 0.0172. The summed E-state index contributed by atoms with van der Waals surface area (Å²) in [5.41, 5.74) is -1.62. The van der Waals surface area contributed by atoms with Crippen LogP contribution in [-0.2, 0) is 23.7 Å². The Hall–Kier alpha value is -5.74. The van der Waals surface area contributed by atoms with E-state index in [1.165, 1.54) is 13.2 Å². The lowest BCUT2D eigenvalue weighted by Crippen LogP contribution is -2.20. The first-order chi connectivity index (χ1) is 24.6. The molecule has 282 valence electrons. The van der Waals surface area contributed by atoms with Gasteiger partial charge >= 0.3 is 24.9 Å². The smallest absolute Gasteiger partial charge is 0.466 e. The summed E-state index contributed by atoms with van der Waals surface area (Å²) in [5.74, 6) is -2.57. The highest BCUT2D eigenvalue weighted by Crippen LogP contribution is 2.34. The molecule has 0 aliphatic heterocycles. The maximum Gasteiger partial charge on any atom is 0.573 e. The van der Waals surface area contributed by atoms with E-state index in [-0.39, 0.29) is 40.4 Å². The molecule has 0 bridgehead atoms. The van der Waals surface area contributed by atoms with Crippen LogP contribution in [0.2, 0.25) is 0 Å². The Morgan fingerprint density at radius 2 is 1.23 bits per heavy atom. The first-order valence-electron chi connectivity index (χ1n) is 14.2. The van der Waals surface area contributed by atoms with Crippen molar-refractivity contribution >= 4 is 11.3 Å². The normalized spacial score (nSPS) is 12.6. The fraction of sp³-hybridized carbons (Fsp3) is 0.233. The van der Waals surface area contributed by atoms with Crippen molar-refractivity contribution in [1.29, 1.82) is 0 Å². The van der Waals surface area contributed by atoms with Gasteiger partial charge in [0.05, 0.1) is 42.8 Å². The molecule has 6 rings (SSSR count). The highest BCUT2D eigenvalue weighted by molar-refractivity contribution is 5.65. The number of alkyl halides is 12. The van der Waals surface area contributed by atoms with Crippen molar-refractivity contribution in [2.45, 2.75) is 31.5 Å². The second-order valence-corrected chi connectivity index (χ2v) is 10.5. The van der Waals surface area contributed by atoms with Gasteiger partial charge in [-0.2, -0.15) is 39.5 Å². The van der Waals surface area contributed by atoms with Gasteiger partial charge in [0.25, 0.3) is 5.88 Å². The maximum atomic E-state index is 13.9. The molecule has 1 aromatic carbocycles. The summed E-state index contributed by atoms with van der Waals surface area (Å²) in [6.07, 6.45) is -12.3. The van der Waals surface area contributed by atoms with Crippen molar-refractivity contribution in [1.82, 2.24) is 33.7 Å². The van der Waals surface area contributed by atoms with Crippen LogP contribution in [-0.4, -0.2) is 60.0 Å². The van der Waals surface area contributed by atoms with Crippen LogP contribution in [0, 0.1) is 5.82 Å². The summed E-state index contributed by atoms with van der Waals surface area (Å²) >= 11 is 0. The third-order valence-corrected chi connectivity index (χ3v) is 6.73. The predicted molar refractivity (Wildman–Crippen MR) is 154 cm³/mol. The molecule has 0 aliphatic carbocycles. The van der Waals surface area contributed by atoms with E-state index in [1.54, 1.807) is 0 Å². The van der Waals surface area contributed by atoms with E-state index in [1.807, 2.05) is 0 Å². The lowest BCUT2D eigenvalue weighted by atomic mass is 10.0. The summed E-state index contributed by atoms with van der Waals surface area (Å²) < 4.78 is 180. The monoisotopic (exact) mass is 771 g/mol. The van der Waals surface area contributed by atoms with Crippen molar-refractivity contribution in [3.05, 3.63) is 90.4 Å². The molecule has 0 radical (unpaired) electrons. The van der Waals surface area contributed by atoms with Crippen LogP contribution >= 0.6 is 0 Å². The van der Waals surface area contributed by atoms with Gasteiger partial charge in [0.15, 0.2) is 23.7 Å². The van der Waals surface area contributed by atoms with Crippen LogP contribution in [0.3, 0.4) is 0 Å². The number of benzene rings is 1. The van der Waals surface area contributed by atoms with Crippen molar-refractivity contribution in [2.75, 3.05) is 13.7 Å². The molecule has 5 aromatic heterocycles. The second kappa shape index (κ2) is 14.4. The van der Waals surface area contributed by atoms with Gasteiger partial charge in [-0.1, -0.05) is 0 Å². The standard InChI is InChI=1S/C16H11F6N3O2.C14H7F7N4O/c1-26-8-9-4-10(27-16(20,21)22)2-3-11(9)12-7-25-13(15(17,18)19)5-24-14(25)6-23-12;15-8-1-7(2-24-12(8)26-6-13(16,17)18)9-5-25-10(14(19,20)21)3-23-11(25)4-22-9/h2-7H,8H2,1H3;1-5H,6H2. The number of hydrogen-bond acceptors (Lipinski definition) is 8. The Morgan fingerprint density at radius 1 is 0.660 bits per heavy atom. The zero-order valence-corrected chi connectivity index (χ0v) is 26.0. The van der Waals surface area contributed by atoms with E-state index < -0.39 is 60.3 Å². The van der Waals surface area contributed by atoms with Gasteiger partial charge in [-0.05, 0) is 29.8 Å². The third-order valence-electron chi connectivity index (χ3n) is 6.73. The van der Waals surface area contributed by atoms with Gasteiger partial charge in [0.1, 0.15) is 17.1 Å². The molecule has 6 aromatic rings. The van der Waals surface area contributed by atoms with Crippen LogP contribution < -0.4 is 9.47 Å². The number of halogens is 13. The molecule has 5 heterocycles. The fourth-order valence-electron chi connectivity index (χ4n) is 4.60.